The molecular formula is C15H26N2O2. The molecule has 4 nitrogen and oxygen atoms in total. The minimum absolute atomic E-state index is 0.795. The Bertz CT molecular complexity index is 381. The highest BCUT2D eigenvalue weighted by atomic mass is 16.5. The van der Waals surface area contributed by atoms with Gasteiger partial charge in [0, 0.05) is 13.1 Å². The number of nitrogens with one attached hydrogen (secondary N) is 2. The summed E-state index contributed by atoms with van der Waals surface area (Å²) in [5.41, 5.74) is 2.54. The summed E-state index contributed by atoms with van der Waals surface area (Å²) in [5, 5.41) is 6.72. The molecule has 108 valence electrons. The Balaban J connectivity index is 2.49. The Morgan fingerprint density at radius 3 is 2.21 bits per heavy atom. The fourth-order valence-corrected chi connectivity index (χ4v) is 1.99. The zero-order valence-electron chi connectivity index (χ0n) is 12.5. The van der Waals surface area contributed by atoms with Crippen LogP contribution in [0.1, 0.15) is 18.1 Å². The van der Waals surface area contributed by atoms with E-state index in [1.54, 1.807) is 14.2 Å². The van der Waals surface area contributed by atoms with Gasteiger partial charge < -0.3 is 20.1 Å². The minimum Gasteiger partial charge on any atom is -0.493 e. The highest BCUT2D eigenvalue weighted by molar-refractivity contribution is 5.47. The number of rotatable bonds is 9. The van der Waals surface area contributed by atoms with Crippen molar-refractivity contribution in [1.29, 1.82) is 0 Å². The Kier molecular flexibility index (Phi) is 7.30. The molecule has 0 heterocycles. The number of hydrogen-bond donors (Lipinski definition) is 2. The SMILES string of the molecule is CCNCCNCCc1cc(OC)c(OC)cc1C. The van der Waals surface area contributed by atoms with Crippen LogP contribution in [0.4, 0.5) is 0 Å². The molecule has 0 unspecified atom stereocenters. The third-order valence-electron chi connectivity index (χ3n) is 3.14. The Morgan fingerprint density at radius 2 is 1.58 bits per heavy atom. The van der Waals surface area contributed by atoms with Crippen LogP contribution in [0.5, 0.6) is 11.5 Å². The highest BCUT2D eigenvalue weighted by Gasteiger charge is 2.08. The molecule has 1 aromatic rings. The molecule has 1 aromatic carbocycles. The predicted molar refractivity (Wildman–Crippen MR) is 79.4 cm³/mol. The third kappa shape index (κ3) is 5.09. The first-order valence-electron chi connectivity index (χ1n) is 6.85. The molecule has 0 aliphatic heterocycles. The first-order chi connectivity index (χ1) is 9.22. The summed E-state index contributed by atoms with van der Waals surface area (Å²) in [6.45, 7) is 8.24. The van der Waals surface area contributed by atoms with Gasteiger partial charge in [0.1, 0.15) is 0 Å². The van der Waals surface area contributed by atoms with E-state index in [1.807, 2.05) is 6.07 Å². The molecule has 4 heteroatoms. The van der Waals surface area contributed by atoms with E-state index >= 15 is 0 Å². The van der Waals surface area contributed by atoms with Crippen LogP contribution in [0.2, 0.25) is 0 Å². The highest BCUT2D eigenvalue weighted by Crippen LogP contribution is 2.30. The van der Waals surface area contributed by atoms with Crippen molar-refractivity contribution < 1.29 is 9.47 Å². The molecule has 0 saturated carbocycles. The van der Waals surface area contributed by atoms with Crippen molar-refractivity contribution in [1.82, 2.24) is 10.6 Å². The van der Waals surface area contributed by atoms with E-state index in [0.29, 0.717) is 0 Å². The smallest absolute Gasteiger partial charge is 0.161 e. The summed E-state index contributed by atoms with van der Waals surface area (Å²) in [5.74, 6) is 1.60. The normalized spacial score (nSPS) is 10.5. The van der Waals surface area contributed by atoms with E-state index in [2.05, 4.69) is 30.5 Å². The van der Waals surface area contributed by atoms with Crippen LogP contribution < -0.4 is 20.1 Å². The van der Waals surface area contributed by atoms with Crippen LogP contribution in [0.3, 0.4) is 0 Å². The second kappa shape index (κ2) is 8.77. The van der Waals surface area contributed by atoms with Gasteiger partial charge in [0.25, 0.3) is 0 Å². The lowest BCUT2D eigenvalue weighted by Crippen LogP contribution is -2.28. The maximum absolute atomic E-state index is 5.34. The maximum Gasteiger partial charge on any atom is 0.161 e. The number of aryl methyl sites for hydroxylation is 1. The van der Waals surface area contributed by atoms with Crippen LogP contribution >= 0.6 is 0 Å². The summed E-state index contributed by atoms with van der Waals surface area (Å²) < 4.78 is 10.6. The maximum atomic E-state index is 5.34. The molecule has 19 heavy (non-hydrogen) atoms. The molecule has 0 fully saturated rings. The van der Waals surface area contributed by atoms with E-state index in [4.69, 9.17) is 9.47 Å². The minimum atomic E-state index is 0.795. The van der Waals surface area contributed by atoms with Gasteiger partial charge in [-0.05, 0) is 49.7 Å². The van der Waals surface area contributed by atoms with Crippen LogP contribution in [-0.4, -0.2) is 40.4 Å². The molecule has 0 saturated heterocycles. The second-order valence-electron chi connectivity index (χ2n) is 4.49. The quantitative estimate of drug-likeness (QED) is 0.668. The van der Waals surface area contributed by atoms with Gasteiger partial charge in [-0.2, -0.15) is 0 Å². The third-order valence-corrected chi connectivity index (χ3v) is 3.14. The van der Waals surface area contributed by atoms with Crippen molar-refractivity contribution in [2.24, 2.45) is 0 Å². The molecule has 0 spiro atoms. The van der Waals surface area contributed by atoms with Gasteiger partial charge in [-0.3, -0.25) is 0 Å². The lowest BCUT2D eigenvalue weighted by Gasteiger charge is -2.13. The second-order valence-corrected chi connectivity index (χ2v) is 4.49. The van der Waals surface area contributed by atoms with E-state index in [0.717, 1.165) is 44.1 Å². The van der Waals surface area contributed by atoms with Gasteiger partial charge in [0.2, 0.25) is 0 Å². The zero-order valence-corrected chi connectivity index (χ0v) is 12.5. The van der Waals surface area contributed by atoms with Crippen molar-refractivity contribution >= 4 is 0 Å². The number of benzene rings is 1. The van der Waals surface area contributed by atoms with Crippen molar-refractivity contribution in [2.75, 3.05) is 40.4 Å². The van der Waals surface area contributed by atoms with Crippen molar-refractivity contribution in [3.8, 4) is 11.5 Å². The van der Waals surface area contributed by atoms with Crippen LogP contribution in [0.15, 0.2) is 12.1 Å². The monoisotopic (exact) mass is 266 g/mol. The molecular weight excluding hydrogens is 240 g/mol. The molecule has 0 aliphatic carbocycles. The molecule has 0 radical (unpaired) electrons. The largest absolute Gasteiger partial charge is 0.493 e. The molecule has 0 aliphatic rings. The van der Waals surface area contributed by atoms with Gasteiger partial charge in [0.05, 0.1) is 14.2 Å². The Hall–Kier alpha value is -1.26. The van der Waals surface area contributed by atoms with Crippen molar-refractivity contribution in [2.45, 2.75) is 20.3 Å². The van der Waals surface area contributed by atoms with E-state index < -0.39 is 0 Å². The number of hydrogen-bond acceptors (Lipinski definition) is 4. The number of methoxy groups -OCH3 is 2. The molecule has 1 rings (SSSR count). The zero-order chi connectivity index (χ0) is 14.1. The van der Waals surface area contributed by atoms with Crippen molar-refractivity contribution in [3.63, 3.8) is 0 Å². The first kappa shape index (κ1) is 15.8. The Labute approximate surface area is 116 Å². The van der Waals surface area contributed by atoms with E-state index in [1.165, 1.54) is 11.1 Å². The summed E-state index contributed by atoms with van der Waals surface area (Å²) in [6.07, 6.45) is 0.998. The fourth-order valence-electron chi connectivity index (χ4n) is 1.99. The van der Waals surface area contributed by atoms with Crippen LogP contribution in [-0.2, 0) is 6.42 Å². The van der Waals surface area contributed by atoms with Gasteiger partial charge in [0.15, 0.2) is 11.5 Å². The lowest BCUT2D eigenvalue weighted by atomic mass is 10.0. The van der Waals surface area contributed by atoms with Crippen molar-refractivity contribution in [3.05, 3.63) is 23.3 Å². The molecule has 0 amide bonds. The van der Waals surface area contributed by atoms with Gasteiger partial charge in [-0.25, -0.2) is 0 Å². The Morgan fingerprint density at radius 1 is 0.947 bits per heavy atom. The van der Waals surface area contributed by atoms with Gasteiger partial charge >= 0.3 is 0 Å². The molecule has 2 N–H and O–H groups in total. The van der Waals surface area contributed by atoms with Gasteiger partial charge in [-0.1, -0.05) is 6.92 Å². The first-order valence-corrected chi connectivity index (χ1v) is 6.85. The molecule has 0 bridgehead atoms. The number of ether oxygens (including phenoxy) is 2. The average Bonchev–Trinajstić information content (AvgIpc) is 2.43. The van der Waals surface area contributed by atoms with E-state index in [9.17, 15) is 0 Å². The number of likely N-dealkylation sites (N-methyl/N-ethyl adjacent to an activating group) is 1. The van der Waals surface area contributed by atoms with E-state index in [-0.39, 0.29) is 0 Å². The van der Waals surface area contributed by atoms with Crippen LogP contribution in [0.25, 0.3) is 0 Å². The van der Waals surface area contributed by atoms with Gasteiger partial charge in [-0.15, -0.1) is 0 Å². The fraction of sp³-hybridized carbons (Fsp3) is 0.600. The average molecular weight is 266 g/mol. The van der Waals surface area contributed by atoms with Crippen LogP contribution in [0, 0.1) is 6.92 Å². The molecule has 0 aromatic heterocycles. The standard InChI is InChI=1S/C15H26N2O2/c1-5-16-8-9-17-7-6-13-11-15(19-4)14(18-3)10-12(13)2/h10-11,16-17H,5-9H2,1-4H3. The summed E-state index contributed by atoms with van der Waals surface area (Å²) >= 11 is 0. The summed E-state index contributed by atoms with van der Waals surface area (Å²) in [4.78, 5) is 0. The lowest BCUT2D eigenvalue weighted by molar-refractivity contribution is 0.354. The summed E-state index contributed by atoms with van der Waals surface area (Å²) in [7, 11) is 3.34. The molecule has 0 atom stereocenters. The topological polar surface area (TPSA) is 42.5 Å². The summed E-state index contributed by atoms with van der Waals surface area (Å²) in [6, 6.07) is 4.10. The predicted octanol–water partition coefficient (Wildman–Crippen LogP) is 1.75.